The number of nitrogens with zero attached hydrogens (tertiary/aromatic N) is 1. The van der Waals surface area contributed by atoms with E-state index in [9.17, 15) is 9.18 Å². The zero-order valence-corrected chi connectivity index (χ0v) is 9.98. The highest BCUT2D eigenvalue weighted by molar-refractivity contribution is 5.87. The summed E-state index contributed by atoms with van der Waals surface area (Å²) in [6, 6.07) is 4.64. The molecule has 0 aliphatic rings. The van der Waals surface area contributed by atoms with Gasteiger partial charge in [0.1, 0.15) is 5.82 Å². The molecule has 0 aliphatic heterocycles. The van der Waals surface area contributed by atoms with Gasteiger partial charge in [0.2, 0.25) is 0 Å². The van der Waals surface area contributed by atoms with Gasteiger partial charge in [0, 0.05) is 25.2 Å². The normalized spacial score (nSPS) is 10.8. The van der Waals surface area contributed by atoms with E-state index in [1.807, 2.05) is 6.92 Å². The van der Waals surface area contributed by atoms with Crippen molar-refractivity contribution < 1.29 is 14.3 Å². The zero-order valence-electron chi connectivity index (χ0n) is 9.98. The van der Waals surface area contributed by atoms with E-state index in [4.69, 9.17) is 5.11 Å². The van der Waals surface area contributed by atoms with Crippen LogP contribution in [0.2, 0.25) is 0 Å². The Kier molecular flexibility index (Phi) is 4.69. The number of hydrogen-bond donors (Lipinski definition) is 1. The molecule has 0 atom stereocenters. The van der Waals surface area contributed by atoms with E-state index in [-0.39, 0.29) is 5.82 Å². The standard InChI is InChI=1S/C13H16FNO2/c1-3-9-15(2)13-10(7-8-12(16)17)5-4-6-11(13)14/h4-8H,3,9H2,1-2H3,(H,16,17)/b8-7+. The molecule has 4 heteroatoms. The molecule has 0 fully saturated rings. The quantitative estimate of drug-likeness (QED) is 0.800. The van der Waals surface area contributed by atoms with Gasteiger partial charge in [-0.1, -0.05) is 19.1 Å². The second kappa shape index (κ2) is 6.03. The van der Waals surface area contributed by atoms with Crippen LogP contribution in [0.5, 0.6) is 0 Å². The lowest BCUT2D eigenvalue weighted by Crippen LogP contribution is -2.20. The summed E-state index contributed by atoms with van der Waals surface area (Å²) in [4.78, 5) is 12.3. The van der Waals surface area contributed by atoms with E-state index in [2.05, 4.69) is 0 Å². The Balaban J connectivity index is 3.12. The van der Waals surface area contributed by atoms with Gasteiger partial charge in [-0.3, -0.25) is 0 Å². The van der Waals surface area contributed by atoms with Crippen LogP contribution in [-0.4, -0.2) is 24.7 Å². The van der Waals surface area contributed by atoms with Crippen molar-refractivity contribution in [2.24, 2.45) is 0 Å². The number of hydrogen-bond acceptors (Lipinski definition) is 2. The molecule has 0 amide bonds. The van der Waals surface area contributed by atoms with Crippen LogP contribution in [0.1, 0.15) is 18.9 Å². The first kappa shape index (κ1) is 13.2. The van der Waals surface area contributed by atoms with Crippen LogP contribution in [-0.2, 0) is 4.79 Å². The van der Waals surface area contributed by atoms with Crippen molar-refractivity contribution in [3.8, 4) is 0 Å². The number of benzene rings is 1. The van der Waals surface area contributed by atoms with E-state index < -0.39 is 5.97 Å². The molecule has 0 bridgehead atoms. The van der Waals surface area contributed by atoms with Gasteiger partial charge in [0.25, 0.3) is 0 Å². The maximum atomic E-state index is 13.7. The van der Waals surface area contributed by atoms with E-state index in [0.29, 0.717) is 11.3 Å². The van der Waals surface area contributed by atoms with Crippen molar-refractivity contribution in [1.82, 2.24) is 0 Å². The Morgan fingerprint density at radius 3 is 2.82 bits per heavy atom. The molecule has 0 saturated carbocycles. The third kappa shape index (κ3) is 3.59. The van der Waals surface area contributed by atoms with E-state index >= 15 is 0 Å². The van der Waals surface area contributed by atoms with Gasteiger partial charge in [-0.25, -0.2) is 9.18 Å². The van der Waals surface area contributed by atoms with Crippen molar-refractivity contribution in [1.29, 1.82) is 0 Å². The van der Waals surface area contributed by atoms with Crippen LogP contribution in [0.25, 0.3) is 6.08 Å². The molecule has 1 aromatic carbocycles. The number of halogens is 1. The molecular formula is C13H16FNO2. The van der Waals surface area contributed by atoms with Gasteiger partial charge in [0.15, 0.2) is 0 Å². The molecule has 0 aromatic heterocycles. The average molecular weight is 237 g/mol. The molecule has 1 rings (SSSR count). The Morgan fingerprint density at radius 2 is 2.24 bits per heavy atom. The number of anilines is 1. The molecule has 17 heavy (non-hydrogen) atoms. The lowest BCUT2D eigenvalue weighted by atomic mass is 10.1. The number of carboxylic acid groups (broad SMARTS) is 1. The summed E-state index contributed by atoms with van der Waals surface area (Å²) in [7, 11) is 1.79. The monoisotopic (exact) mass is 237 g/mol. The predicted molar refractivity (Wildman–Crippen MR) is 66.6 cm³/mol. The summed E-state index contributed by atoms with van der Waals surface area (Å²) in [5, 5.41) is 8.58. The number of carboxylic acids is 1. The molecule has 1 aromatic rings. The summed E-state index contributed by atoms with van der Waals surface area (Å²) in [5.41, 5.74) is 1.01. The summed E-state index contributed by atoms with van der Waals surface area (Å²) >= 11 is 0. The fraction of sp³-hybridized carbons (Fsp3) is 0.308. The second-order valence-corrected chi connectivity index (χ2v) is 3.77. The highest BCUT2D eigenvalue weighted by Crippen LogP contribution is 2.24. The second-order valence-electron chi connectivity index (χ2n) is 3.77. The predicted octanol–water partition coefficient (Wildman–Crippen LogP) is 2.77. The molecule has 1 N–H and O–H groups in total. The van der Waals surface area contributed by atoms with Crippen molar-refractivity contribution >= 4 is 17.7 Å². The first-order valence-electron chi connectivity index (χ1n) is 5.47. The van der Waals surface area contributed by atoms with Crippen molar-refractivity contribution in [2.45, 2.75) is 13.3 Å². The summed E-state index contributed by atoms with van der Waals surface area (Å²) < 4.78 is 13.7. The maximum absolute atomic E-state index is 13.7. The molecular weight excluding hydrogens is 221 g/mol. The minimum atomic E-state index is -1.04. The lowest BCUT2D eigenvalue weighted by Gasteiger charge is -2.21. The topological polar surface area (TPSA) is 40.5 Å². The lowest BCUT2D eigenvalue weighted by molar-refractivity contribution is -0.131. The highest BCUT2D eigenvalue weighted by Gasteiger charge is 2.10. The Bertz CT molecular complexity index is 429. The van der Waals surface area contributed by atoms with E-state index in [1.54, 1.807) is 24.1 Å². The first-order chi connectivity index (χ1) is 8.06. The molecule has 0 spiro atoms. The van der Waals surface area contributed by atoms with Crippen LogP contribution < -0.4 is 4.90 Å². The van der Waals surface area contributed by atoms with Crippen LogP contribution >= 0.6 is 0 Å². The molecule has 0 saturated heterocycles. The third-order valence-corrected chi connectivity index (χ3v) is 2.36. The van der Waals surface area contributed by atoms with Gasteiger partial charge in [-0.2, -0.15) is 0 Å². The number of carbonyl (C=O) groups is 1. The van der Waals surface area contributed by atoms with Gasteiger partial charge < -0.3 is 10.0 Å². The minimum Gasteiger partial charge on any atom is -0.478 e. The van der Waals surface area contributed by atoms with Crippen LogP contribution in [0.3, 0.4) is 0 Å². The Hall–Kier alpha value is -1.84. The van der Waals surface area contributed by atoms with Gasteiger partial charge in [0.05, 0.1) is 5.69 Å². The molecule has 0 heterocycles. The van der Waals surface area contributed by atoms with E-state index in [0.717, 1.165) is 19.0 Å². The Morgan fingerprint density at radius 1 is 1.53 bits per heavy atom. The largest absolute Gasteiger partial charge is 0.478 e. The average Bonchev–Trinajstić information content (AvgIpc) is 2.26. The van der Waals surface area contributed by atoms with Crippen LogP contribution in [0.15, 0.2) is 24.3 Å². The minimum absolute atomic E-state index is 0.339. The zero-order chi connectivity index (χ0) is 12.8. The van der Waals surface area contributed by atoms with Gasteiger partial charge >= 0.3 is 5.97 Å². The molecule has 0 aliphatic carbocycles. The highest BCUT2D eigenvalue weighted by atomic mass is 19.1. The van der Waals surface area contributed by atoms with Crippen molar-refractivity contribution in [2.75, 3.05) is 18.5 Å². The summed E-state index contributed by atoms with van der Waals surface area (Å²) in [6.45, 7) is 2.72. The molecule has 3 nitrogen and oxygen atoms in total. The molecule has 92 valence electrons. The SMILES string of the molecule is CCCN(C)c1c(F)cccc1/C=C/C(=O)O. The van der Waals surface area contributed by atoms with Crippen molar-refractivity contribution in [3.63, 3.8) is 0 Å². The van der Waals surface area contributed by atoms with Crippen molar-refractivity contribution in [3.05, 3.63) is 35.7 Å². The smallest absolute Gasteiger partial charge is 0.328 e. The van der Waals surface area contributed by atoms with Gasteiger partial charge in [-0.15, -0.1) is 0 Å². The molecule has 0 radical (unpaired) electrons. The number of para-hydroxylation sites is 1. The number of rotatable bonds is 5. The third-order valence-electron chi connectivity index (χ3n) is 2.36. The van der Waals surface area contributed by atoms with Gasteiger partial charge in [-0.05, 0) is 18.6 Å². The fourth-order valence-electron chi connectivity index (χ4n) is 1.68. The summed E-state index contributed by atoms with van der Waals surface area (Å²) in [5.74, 6) is -1.38. The van der Waals surface area contributed by atoms with Crippen LogP contribution in [0.4, 0.5) is 10.1 Å². The molecule has 0 unspecified atom stereocenters. The Labute approximate surface area is 100 Å². The van der Waals surface area contributed by atoms with Crippen LogP contribution in [0, 0.1) is 5.82 Å². The fourth-order valence-corrected chi connectivity index (χ4v) is 1.68. The maximum Gasteiger partial charge on any atom is 0.328 e. The summed E-state index contributed by atoms with van der Waals surface area (Å²) in [6.07, 6.45) is 3.32. The van der Waals surface area contributed by atoms with E-state index in [1.165, 1.54) is 12.1 Å². The first-order valence-corrected chi connectivity index (χ1v) is 5.47. The number of aliphatic carboxylic acids is 1.